The zero-order chi connectivity index (χ0) is 20.2. The highest BCUT2D eigenvalue weighted by atomic mass is 32.1. The molecule has 1 fully saturated rings. The number of hydrogen-bond acceptors (Lipinski definition) is 7. The number of benzene rings is 1. The number of hydrogen-bond donors (Lipinski definition) is 0. The van der Waals surface area contributed by atoms with E-state index < -0.39 is 0 Å². The number of likely N-dealkylation sites (tertiary alicyclic amines) is 1. The summed E-state index contributed by atoms with van der Waals surface area (Å²) >= 11 is 1.58. The Kier molecular flexibility index (Phi) is 5.75. The van der Waals surface area contributed by atoms with E-state index in [0.29, 0.717) is 30.3 Å². The molecule has 0 unspecified atom stereocenters. The minimum Gasteiger partial charge on any atom is -0.493 e. The minimum atomic E-state index is 0.0769. The molecule has 1 aliphatic heterocycles. The normalized spacial score (nSPS) is 16.2. The predicted molar refractivity (Wildman–Crippen MR) is 109 cm³/mol. The highest BCUT2D eigenvalue weighted by Crippen LogP contribution is 2.28. The molecular formula is C20H23N5O3S. The largest absolute Gasteiger partial charge is 0.493 e. The summed E-state index contributed by atoms with van der Waals surface area (Å²) in [5.41, 5.74) is 0.900. The Morgan fingerprint density at radius 3 is 2.86 bits per heavy atom. The van der Waals surface area contributed by atoms with Gasteiger partial charge < -0.3 is 14.4 Å². The number of rotatable bonds is 7. The number of nitrogens with zero attached hydrogens (tertiary/aromatic N) is 5. The van der Waals surface area contributed by atoms with E-state index in [9.17, 15) is 4.79 Å². The van der Waals surface area contributed by atoms with Crippen LogP contribution in [0.4, 0.5) is 0 Å². The minimum absolute atomic E-state index is 0.0769. The number of carbonyl (C=O) groups excluding carboxylic acids is 1. The van der Waals surface area contributed by atoms with Gasteiger partial charge in [-0.05, 0) is 47.2 Å². The first-order valence-electron chi connectivity index (χ1n) is 9.50. The second-order valence-electron chi connectivity index (χ2n) is 6.89. The van der Waals surface area contributed by atoms with Gasteiger partial charge in [-0.3, -0.25) is 4.79 Å². The molecule has 0 saturated carbocycles. The van der Waals surface area contributed by atoms with Gasteiger partial charge in [0.1, 0.15) is 0 Å². The van der Waals surface area contributed by atoms with Crippen LogP contribution < -0.4 is 9.47 Å². The maximum atomic E-state index is 13.0. The van der Waals surface area contributed by atoms with Gasteiger partial charge in [-0.1, -0.05) is 12.1 Å². The van der Waals surface area contributed by atoms with Crippen LogP contribution in [-0.4, -0.2) is 57.8 Å². The monoisotopic (exact) mass is 413 g/mol. The summed E-state index contributed by atoms with van der Waals surface area (Å²) in [6, 6.07) is 9.60. The lowest BCUT2D eigenvalue weighted by molar-refractivity contribution is -0.131. The maximum absolute atomic E-state index is 13.0. The topological polar surface area (TPSA) is 82.4 Å². The fourth-order valence-corrected chi connectivity index (χ4v) is 4.28. The van der Waals surface area contributed by atoms with Crippen molar-refractivity contribution in [3.63, 3.8) is 0 Å². The summed E-state index contributed by atoms with van der Waals surface area (Å²) in [7, 11) is 3.19. The summed E-state index contributed by atoms with van der Waals surface area (Å²) in [6.07, 6.45) is 2.24. The average Bonchev–Trinajstić information content (AvgIpc) is 3.49. The zero-order valence-corrected chi connectivity index (χ0v) is 17.3. The lowest BCUT2D eigenvalue weighted by Crippen LogP contribution is -2.39. The van der Waals surface area contributed by atoms with E-state index in [0.717, 1.165) is 29.8 Å². The van der Waals surface area contributed by atoms with Gasteiger partial charge in [-0.2, -0.15) is 4.80 Å². The lowest BCUT2D eigenvalue weighted by Gasteiger charge is -2.24. The van der Waals surface area contributed by atoms with Crippen molar-refractivity contribution in [3.8, 4) is 22.2 Å². The fourth-order valence-electron chi connectivity index (χ4n) is 3.63. The first kappa shape index (κ1) is 19.4. The third kappa shape index (κ3) is 4.24. The Labute approximate surface area is 173 Å². The second kappa shape index (κ2) is 8.60. The number of tetrazole rings is 1. The molecule has 152 valence electrons. The van der Waals surface area contributed by atoms with Gasteiger partial charge in [0.15, 0.2) is 11.5 Å². The van der Waals surface area contributed by atoms with Crippen molar-refractivity contribution in [2.75, 3.05) is 20.8 Å². The van der Waals surface area contributed by atoms with Crippen LogP contribution in [0.15, 0.2) is 35.7 Å². The van der Waals surface area contributed by atoms with E-state index in [2.05, 4.69) is 15.4 Å². The van der Waals surface area contributed by atoms with Crippen LogP contribution in [0.5, 0.6) is 11.5 Å². The molecule has 0 bridgehead atoms. The average molecular weight is 414 g/mol. The summed E-state index contributed by atoms with van der Waals surface area (Å²) in [5.74, 6) is 2.00. The Hall–Kier alpha value is -2.94. The summed E-state index contributed by atoms with van der Waals surface area (Å²) in [6.45, 7) is 1.30. The lowest BCUT2D eigenvalue weighted by atomic mass is 10.1. The summed E-state index contributed by atoms with van der Waals surface area (Å²) in [4.78, 5) is 17.5. The molecular weight excluding hydrogens is 390 g/mol. The van der Waals surface area contributed by atoms with Gasteiger partial charge in [0.25, 0.3) is 0 Å². The molecule has 9 heteroatoms. The standard InChI is InChI=1S/C20H23N5O3S/c1-27-16-8-7-14(11-17(16)28-2)12-19(26)24-9-3-5-15(24)13-25-22-20(21-23-25)18-6-4-10-29-18/h4,6-8,10-11,15H,3,5,9,12-13H2,1-2H3/t15-/m0/s1. The van der Waals surface area contributed by atoms with Crippen LogP contribution in [0, 0.1) is 0 Å². The third-order valence-electron chi connectivity index (χ3n) is 5.07. The molecule has 2 aromatic heterocycles. The van der Waals surface area contributed by atoms with E-state index in [4.69, 9.17) is 9.47 Å². The molecule has 4 rings (SSSR count). The molecule has 0 spiro atoms. The van der Waals surface area contributed by atoms with Crippen LogP contribution in [0.25, 0.3) is 10.7 Å². The second-order valence-corrected chi connectivity index (χ2v) is 7.84. The zero-order valence-electron chi connectivity index (χ0n) is 16.4. The third-order valence-corrected chi connectivity index (χ3v) is 5.94. The molecule has 0 aliphatic carbocycles. The van der Waals surface area contributed by atoms with Gasteiger partial charge in [-0.15, -0.1) is 21.5 Å². The molecule has 1 atom stereocenters. The summed E-state index contributed by atoms with van der Waals surface area (Å²) < 4.78 is 10.6. The van der Waals surface area contributed by atoms with Gasteiger partial charge in [0.05, 0.1) is 38.1 Å². The van der Waals surface area contributed by atoms with Gasteiger partial charge in [0, 0.05) is 6.54 Å². The number of thiophene rings is 1. The van der Waals surface area contributed by atoms with Crippen molar-refractivity contribution in [3.05, 3.63) is 41.3 Å². The molecule has 1 aliphatic rings. The number of aromatic nitrogens is 4. The molecule has 0 N–H and O–H groups in total. The van der Waals surface area contributed by atoms with Crippen molar-refractivity contribution in [2.24, 2.45) is 0 Å². The Morgan fingerprint density at radius 1 is 1.24 bits per heavy atom. The fraction of sp³-hybridized carbons (Fsp3) is 0.400. The smallest absolute Gasteiger partial charge is 0.227 e. The van der Waals surface area contributed by atoms with Crippen molar-refractivity contribution < 1.29 is 14.3 Å². The van der Waals surface area contributed by atoms with Crippen LogP contribution in [0.2, 0.25) is 0 Å². The first-order valence-corrected chi connectivity index (χ1v) is 10.4. The Balaban J connectivity index is 1.42. The Bertz CT molecular complexity index is 972. The molecule has 1 saturated heterocycles. The van der Waals surface area contributed by atoms with Gasteiger partial charge in [-0.25, -0.2) is 0 Å². The highest BCUT2D eigenvalue weighted by molar-refractivity contribution is 7.13. The predicted octanol–water partition coefficient (Wildman–Crippen LogP) is 2.65. The van der Waals surface area contributed by atoms with Crippen LogP contribution in [0.1, 0.15) is 18.4 Å². The molecule has 1 aromatic carbocycles. The van der Waals surface area contributed by atoms with Crippen molar-refractivity contribution in [2.45, 2.75) is 31.8 Å². The molecule has 29 heavy (non-hydrogen) atoms. The van der Waals surface area contributed by atoms with E-state index in [1.807, 2.05) is 40.6 Å². The van der Waals surface area contributed by atoms with Crippen molar-refractivity contribution >= 4 is 17.2 Å². The molecule has 8 nitrogen and oxygen atoms in total. The SMILES string of the molecule is COc1ccc(CC(=O)N2CCC[C@H]2Cn2nnc(-c3cccs3)n2)cc1OC. The maximum Gasteiger partial charge on any atom is 0.227 e. The number of ether oxygens (including phenoxy) is 2. The van der Waals surface area contributed by atoms with E-state index in [-0.39, 0.29) is 11.9 Å². The number of amides is 1. The number of carbonyl (C=O) groups is 1. The van der Waals surface area contributed by atoms with Crippen molar-refractivity contribution in [1.29, 1.82) is 0 Å². The highest BCUT2D eigenvalue weighted by Gasteiger charge is 2.29. The van der Waals surface area contributed by atoms with E-state index in [1.165, 1.54) is 0 Å². The molecule has 1 amide bonds. The molecule has 0 radical (unpaired) electrons. The van der Waals surface area contributed by atoms with Crippen LogP contribution >= 0.6 is 11.3 Å². The number of methoxy groups -OCH3 is 2. The first-order chi connectivity index (χ1) is 14.2. The van der Waals surface area contributed by atoms with E-state index >= 15 is 0 Å². The van der Waals surface area contributed by atoms with Gasteiger partial charge >= 0.3 is 0 Å². The summed E-state index contributed by atoms with van der Waals surface area (Å²) in [5, 5.41) is 14.8. The van der Waals surface area contributed by atoms with E-state index in [1.54, 1.807) is 30.4 Å². The molecule has 3 aromatic rings. The molecule has 3 heterocycles. The Morgan fingerprint density at radius 2 is 2.10 bits per heavy atom. The van der Waals surface area contributed by atoms with Crippen molar-refractivity contribution in [1.82, 2.24) is 25.1 Å². The quantitative estimate of drug-likeness (QED) is 0.592. The van der Waals surface area contributed by atoms with Crippen LogP contribution in [-0.2, 0) is 17.8 Å². The van der Waals surface area contributed by atoms with Crippen LogP contribution in [0.3, 0.4) is 0 Å². The van der Waals surface area contributed by atoms with Gasteiger partial charge in [0.2, 0.25) is 11.7 Å².